The molecule has 0 atom stereocenters. The number of aryl methyl sites for hydroxylation is 1. The maximum atomic E-state index is 12.0. The zero-order chi connectivity index (χ0) is 12.8. The van der Waals surface area contributed by atoms with Gasteiger partial charge in [-0.25, -0.2) is 8.42 Å². The minimum Gasteiger partial charge on any atom is -0.265 e. The number of pyridine rings is 1. The van der Waals surface area contributed by atoms with Gasteiger partial charge in [-0.1, -0.05) is 30.3 Å². The van der Waals surface area contributed by atoms with Gasteiger partial charge in [-0.15, -0.1) is 0 Å². The largest absolute Gasteiger partial charge is 0.265 e. The highest BCUT2D eigenvalue weighted by Gasteiger charge is 2.11. The summed E-state index contributed by atoms with van der Waals surface area (Å²) in [5.41, 5.74) is 1.84. The third kappa shape index (κ3) is 3.96. The predicted molar refractivity (Wildman–Crippen MR) is 71.9 cm³/mol. The molecule has 0 saturated heterocycles. The zero-order valence-corrected chi connectivity index (χ0v) is 10.8. The predicted octanol–water partition coefficient (Wildman–Crippen LogP) is 2.24. The van der Waals surface area contributed by atoms with E-state index in [0.717, 1.165) is 11.1 Å². The lowest BCUT2D eigenvalue weighted by Gasteiger charge is -2.04. The van der Waals surface area contributed by atoms with E-state index in [9.17, 15) is 8.42 Å². The number of benzene rings is 1. The first-order valence-corrected chi connectivity index (χ1v) is 7.61. The first-order chi connectivity index (χ1) is 8.66. The van der Waals surface area contributed by atoms with Crippen LogP contribution < -0.4 is 0 Å². The van der Waals surface area contributed by atoms with E-state index >= 15 is 0 Å². The maximum Gasteiger partial charge on any atom is 0.154 e. The van der Waals surface area contributed by atoms with Gasteiger partial charge < -0.3 is 0 Å². The molecule has 0 N–H and O–H groups in total. The van der Waals surface area contributed by atoms with Gasteiger partial charge in [0.2, 0.25) is 0 Å². The molecule has 0 saturated carbocycles. The van der Waals surface area contributed by atoms with Crippen molar-refractivity contribution in [2.75, 3.05) is 5.75 Å². The molecule has 1 heterocycles. The number of hydrogen-bond acceptors (Lipinski definition) is 3. The Morgan fingerprint density at radius 3 is 2.22 bits per heavy atom. The third-order valence-corrected chi connectivity index (χ3v) is 4.28. The van der Waals surface area contributed by atoms with Gasteiger partial charge in [-0.05, 0) is 29.7 Å². The van der Waals surface area contributed by atoms with Crippen LogP contribution in [-0.2, 0) is 22.0 Å². The molecule has 2 aromatic rings. The van der Waals surface area contributed by atoms with Crippen LogP contribution in [-0.4, -0.2) is 19.2 Å². The van der Waals surface area contributed by atoms with E-state index in [-0.39, 0.29) is 11.5 Å². The smallest absolute Gasteiger partial charge is 0.154 e. The molecule has 94 valence electrons. The van der Waals surface area contributed by atoms with Gasteiger partial charge in [-0.3, -0.25) is 4.98 Å². The molecule has 1 aromatic heterocycles. The minimum absolute atomic E-state index is 0.110. The molecule has 0 bridgehead atoms. The summed E-state index contributed by atoms with van der Waals surface area (Å²) in [7, 11) is -3.05. The Labute approximate surface area is 107 Å². The zero-order valence-electron chi connectivity index (χ0n) is 9.99. The van der Waals surface area contributed by atoms with Crippen molar-refractivity contribution in [2.24, 2.45) is 0 Å². The van der Waals surface area contributed by atoms with Crippen molar-refractivity contribution in [3.8, 4) is 0 Å². The fraction of sp³-hybridized carbons (Fsp3) is 0.214. The molecule has 0 aliphatic carbocycles. The minimum atomic E-state index is -3.05. The fourth-order valence-electron chi connectivity index (χ4n) is 1.72. The summed E-state index contributed by atoms with van der Waals surface area (Å²) >= 11 is 0. The molecular weight excluding hydrogens is 246 g/mol. The molecule has 0 spiro atoms. The number of hydrogen-bond donors (Lipinski definition) is 0. The molecule has 0 fully saturated rings. The lowest BCUT2D eigenvalue weighted by Crippen LogP contribution is -2.11. The van der Waals surface area contributed by atoms with Crippen LogP contribution in [0.3, 0.4) is 0 Å². The van der Waals surface area contributed by atoms with Gasteiger partial charge in [0.25, 0.3) is 0 Å². The van der Waals surface area contributed by atoms with Crippen molar-refractivity contribution in [1.29, 1.82) is 0 Å². The monoisotopic (exact) mass is 261 g/mol. The van der Waals surface area contributed by atoms with E-state index in [2.05, 4.69) is 4.98 Å². The maximum absolute atomic E-state index is 12.0. The van der Waals surface area contributed by atoms with Crippen LogP contribution in [0.4, 0.5) is 0 Å². The Kier molecular flexibility index (Phi) is 4.10. The first-order valence-electron chi connectivity index (χ1n) is 5.79. The Bertz CT molecular complexity index is 580. The number of nitrogens with zero attached hydrogens (tertiary/aromatic N) is 1. The summed E-state index contributed by atoms with van der Waals surface area (Å²) in [6.45, 7) is 0. The lowest BCUT2D eigenvalue weighted by atomic mass is 10.2. The molecule has 0 amide bonds. The fourth-order valence-corrected chi connectivity index (χ4v) is 3.11. The molecule has 0 aliphatic heterocycles. The highest BCUT2D eigenvalue weighted by atomic mass is 32.2. The average Bonchev–Trinajstić information content (AvgIpc) is 2.38. The summed E-state index contributed by atoms with van der Waals surface area (Å²) in [5.74, 6) is 0.283. The van der Waals surface area contributed by atoms with Gasteiger partial charge in [0, 0.05) is 12.4 Å². The summed E-state index contributed by atoms with van der Waals surface area (Å²) in [6, 6.07) is 13.0. The number of sulfone groups is 1. The summed E-state index contributed by atoms with van der Waals surface area (Å²) in [4.78, 5) is 3.91. The van der Waals surface area contributed by atoms with E-state index in [1.165, 1.54) is 0 Å². The third-order valence-electron chi connectivity index (χ3n) is 2.68. The number of rotatable bonds is 5. The molecule has 2 rings (SSSR count). The van der Waals surface area contributed by atoms with E-state index in [1.54, 1.807) is 12.4 Å². The van der Waals surface area contributed by atoms with E-state index in [0.29, 0.717) is 6.42 Å². The van der Waals surface area contributed by atoms with Gasteiger partial charge in [0.05, 0.1) is 11.5 Å². The summed E-state index contributed by atoms with van der Waals surface area (Å²) in [5, 5.41) is 0. The second kappa shape index (κ2) is 5.78. The van der Waals surface area contributed by atoms with Crippen molar-refractivity contribution in [2.45, 2.75) is 12.2 Å². The van der Waals surface area contributed by atoms with Crippen LogP contribution in [0.2, 0.25) is 0 Å². The average molecular weight is 261 g/mol. The van der Waals surface area contributed by atoms with E-state index in [1.807, 2.05) is 42.5 Å². The standard InChI is InChI=1S/C14H15NO2S/c16-18(17,12-14-4-2-1-3-5-14)11-8-13-6-9-15-10-7-13/h1-7,9-10H,8,11-12H2. The summed E-state index contributed by atoms with van der Waals surface area (Å²) < 4.78 is 23.9. The molecule has 0 aliphatic rings. The van der Waals surface area contributed by atoms with Crippen molar-refractivity contribution in [3.05, 3.63) is 66.0 Å². The SMILES string of the molecule is O=S(=O)(CCc1ccncc1)Cc1ccccc1. The van der Waals surface area contributed by atoms with Gasteiger partial charge >= 0.3 is 0 Å². The molecule has 0 unspecified atom stereocenters. The normalized spacial score (nSPS) is 11.3. The Hall–Kier alpha value is -1.68. The van der Waals surface area contributed by atoms with Crippen LogP contribution in [0.25, 0.3) is 0 Å². The highest BCUT2D eigenvalue weighted by molar-refractivity contribution is 7.90. The van der Waals surface area contributed by atoms with E-state index < -0.39 is 9.84 Å². The van der Waals surface area contributed by atoms with Crippen molar-refractivity contribution < 1.29 is 8.42 Å². The van der Waals surface area contributed by atoms with Crippen molar-refractivity contribution >= 4 is 9.84 Å². The van der Waals surface area contributed by atoms with Crippen LogP contribution in [0.15, 0.2) is 54.9 Å². The van der Waals surface area contributed by atoms with Crippen molar-refractivity contribution in [1.82, 2.24) is 4.98 Å². The lowest BCUT2D eigenvalue weighted by molar-refractivity contribution is 0.594. The van der Waals surface area contributed by atoms with Crippen LogP contribution in [0.5, 0.6) is 0 Å². The second-order valence-corrected chi connectivity index (χ2v) is 6.37. The van der Waals surface area contributed by atoms with Crippen LogP contribution in [0.1, 0.15) is 11.1 Å². The Balaban J connectivity index is 1.96. The summed E-state index contributed by atoms with van der Waals surface area (Å²) in [6.07, 6.45) is 3.90. The molecular formula is C14H15NO2S. The van der Waals surface area contributed by atoms with Gasteiger partial charge in [0.15, 0.2) is 9.84 Å². The first kappa shape index (κ1) is 12.8. The van der Waals surface area contributed by atoms with E-state index in [4.69, 9.17) is 0 Å². The highest BCUT2D eigenvalue weighted by Crippen LogP contribution is 2.08. The van der Waals surface area contributed by atoms with Gasteiger partial charge in [-0.2, -0.15) is 0 Å². The van der Waals surface area contributed by atoms with Crippen molar-refractivity contribution in [3.63, 3.8) is 0 Å². The molecule has 1 aromatic carbocycles. The second-order valence-electron chi connectivity index (χ2n) is 4.18. The molecule has 18 heavy (non-hydrogen) atoms. The Morgan fingerprint density at radius 1 is 0.889 bits per heavy atom. The quantitative estimate of drug-likeness (QED) is 0.829. The number of aromatic nitrogens is 1. The topological polar surface area (TPSA) is 47.0 Å². The molecule has 3 nitrogen and oxygen atoms in total. The van der Waals surface area contributed by atoms with Crippen LogP contribution >= 0.6 is 0 Å². The van der Waals surface area contributed by atoms with Crippen LogP contribution in [0, 0.1) is 0 Å². The molecule has 0 radical (unpaired) electrons. The molecule has 4 heteroatoms. The van der Waals surface area contributed by atoms with Gasteiger partial charge in [0.1, 0.15) is 0 Å². The Morgan fingerprint density at radius 2 is 1.56 bits per heavy atom.